The molecule has 1 aromatic heterocycles. The summed E-state index contributed by atoms with van der Waals surface area (Å²) in [5, 5.41) is 8.33. The van der Waals surface area contributed by atoms with Crippen molar-refractivity contribution in [3.8, 4) is 0 Å². The van der Waals surface area contributed by atoms with Crippen LogP contribution in [0.3, 0.4) is 0 Å². The quantitative estimate of drug-likeness (QED) is 0.229. The van der Waals surface area contributed by atoms with Gasteiger partial charge in [0.25, 0.3) is 6.10 Å². The zero-order valence-electron chi connectivity index (χ0n) is 21.8. The number of carbonyl (C=O) groups is 2. The largest absolute Gasteiger partial charge is 0.467 e. The van der Waals surface area contributed by atoms with Gasteiger partial charge < -0.3 is 28.6 Å². The number of fused-ring (bicyclic) bond motifs is 1. The molecule has 2 bridgehead atoms. The van der Waals surface area contributed by atoms with E-state index in [2.05, 4.69) is 37.0 Å². The number of aliphatic hydroxyl groups excluding tert-OH is 1. The first-order valence-corrected chi connectivity index (χ1v) is 12.0. The predicted octanol–water partition coefficient (Wildman–Crippen LogP) is 4.59. The van der Waals surface area contributed by atoms with E-state index in [0.29, 0.717) is 12.4 Å². The van der Waals surface area contributed by atoms with E-state index in [1.807, 2.05) is 12.2 Å². The second kappa shape index (κ2) is 15.1. The van der Waals surface area contributed by atoms with E-state index >= 15 is 0 Å². The molecule has 0 saturated carbocycles. The highest BCUT2D eigenvalue weighted by molar-refractivity contribution is 5.81. The van der Waals surface area contributed by atoms with E-state index in [-0.39, 0.29) is 36.3 Å². The Bertz CT molecular complexity index is 909. The lowest BCUT2D eigenvalue weighted by Gasteiger charge is -2.21. The van der Waals surface area contributed by atoms with Gasteiger partial charge in [0.15, 0.2) is 0 Å². The molecular weight excluding hydrogens is 540 g/mol. The van der Waals surface area contributed by atoms with Crippen molar-refractivity contribution in [1.82, 2.24) is 4.90 Å². The fourth-order valence-electron chi connectivity index (χ4n) is 3.71. The first kappa shape index (κ1) is 34.2. The van der Waals surface area contributed by atoms with Gasteiger partial charge in [-0.1, -0.05) is 33.4 Å². The van der Waals surface area contributed by atoms with Crippen molar-refractivity contribution >= 4 is 11.9 Å². The number of hydrogen-bond donors (Lipinski definition) is 1. The number of rotatable bonds is 6. The predicted molar refractivity (Wildman–Crippen MR) is 126 cm³/mol. The maximum atomic E-state index is 11.7. The molecule has 3 aliphatic rings. The number of alkyl halides is 6. The van der Waals surface area contributed by atoms with E-state index < -0.39 is 24.4 Å². The maximum Gasteiger partial charge on any atom is 0.434 e. The third-order valence-electron chi connectivity index (χ3n) is 5.82. The molecule has 39 heavy (non-hydrogen) atoms. The summed E-state index contributed by atoms with van der Waals surface area (Å²) in [5.74, 6) is -1.28. The summed E-state index contributed by atoms with van der Waals surface area (Å²) in [6.45, 7) is 13.2. The van der Waals surface area contributed by atoms with E-state index in [4.69, 9.17) is 19.0 Å². The van der Waals surface area contributed by atoms with Crippen LogP contribution in [-0.2, 0) is 30.4 Å². The first-order valence-electron chi connectivity index (χ1n) is 12.0. The minimum absolute atomic E-state index is 0.00694. The van der Waals surface area contributed by atoms with Gasteiger partial charge in [-0.3, -0.25) is 4.79 Å². The topological polar surface area (TPSA) is 98.4 Å². The van der Waals surface area contributed by atoms with E-state index in [9.17, 15) is 35.9 Å². The molecular formula is C25H33F6NO7. The van der Waals surface area contributed by atoms with Crippen molar-refractivity contribution in [2.75, 3.05) is 26.2 Å². The minimum Gasteiger partial charge on any atom is -0.467 e. The van der Waals surface area contributed by atoms with Crippen LogP contribution >= 0.6 is 0 Å². The number of aliphatic hydroxyl groups is 1. The number of halogens is 6. The lowest BCUT2D eigenvalue weighted by Crippen LogP contribution is -2.45. The number of carbonyl (C=O) groups excluding carboxylic acids is 2. The summed E-state index contributed by atoms with van der Waals surface area (Å²) in [6.07, 6.45) is -8.73. The van der Waals surface area contributed by atoms with Crippen molar-refractivity contribution in [3.63, 3.8) is 0 Å². The number of nitrogens with zero attached hydrogens (tertiary/aromatic N) is 1. The first-order chi connectivity index (χ1) is 18.2. The third kappa shape index (κ3) is 10.3. The smallest absolute Gasteiger partial charge is 0.434 e. The highest BCUT2D eigenvalue weighted by Gasteiger charge is 2.60. The molecule has 8 nitrogen and oxygen atoms in total. The van der Waals surface area contributed by atoms with Crippen LogP contribution in [0.2, 0.25) is 0 Å². The molecule has 0 amide bonds. The van der Waals surface area contributed by atoms with Crippen LogP contribution in [0, 0.1) is 5.92 Å². The molecule has 14 heteroatoms. The molecule has 3 atom stereocenters. The van der Waals surface area contributed by atoms with Gasteiger partial charge in [0.05, 0.1) is 18.3 Å². The molecule has 0 radical (unpaired) electrons. The average molecular weight is 574 g/mol. The molecule has 1 spiro atoms. The molecule has 2 fully saturated rings. The van der Waals surface area contributed by atoms with Gasteiger partial charge in [-0.2, -0.15) is 26.3 Å². The zero-order chi connectivity index (χ0) is 29.9. The minimum atomic E-state index is -5.68. The van der Waals surface area contributed by atoms with Crippen LogP contribution in [0.15, 0.2) is 47.6 Å². The van der Waals surface area contributed by atoms with Crippen LogP contribution in [0.4, 0.5) is 26.3 Å². The van der Waals surface area contributed by atoms with Crippen molar-refractivity contribution in [1.29, 1.82) is 0 Å². The van der Waals surface area contributed by atoms with Gasteiger partial charge in [-0.25, -0.2) is 4.79 Å². The Morgan fingerprint density at radius 3 is 2.13 bits per heavy atom. The Kier molecular flexibility index (Phi) is 13.2. The summed E-state index contributed by atoms with van der Waals surface area (Å²) >= 11 is 0. The van der Waals surface area contributed by atoms with Gasteiger partial charge in [0, 0.05) is 6.08 Å². The zero-order valence-corrected chi connectivity index (χ0v) is 21.8. The van der Waals surface area contributed by atoms with Crippen LogP contribution < -0.4 is 0 Å². The van der Waals surface area contributed by atoms with Crippen molar-refractivity contribution in [2.45, 2.75) is 64.0 Å². The third-order valence-corrected chi connectivity index (χ3v) is 5.82. The monoisotopic (exact) mass is 573 g/mol. The molecule has 1 aromatic rings. The summed E-state index contributed by atoms with van der Waals surface area (Å²) in [5.41, 5.74) is -0.359. The Balaban J connectivity index is 0.000000271. The van der Waals surface area contributed by atoms with Gasteiger partial charge in [0.1, 0.15) is 24.6 Å². The lowest BCUT2D eigenvalue weighted by atomic mass is 9.86. The molecule has 1 unspecified atom stereocenters. The van der Waals surface area contributed by atoms with E-state index in [0.717, 1.165) is 6.42 Å². The molecule has 2 saturated heterocycles. The van der Waals surface area contributed by atoms with E-state index in [1.54, 1.807) is 12.1 Å². The highest BCUT2D eigenvalue weighted by Crippen LogP contribution is 2.47. The van der Waals surface area contributed by atoms with Crippen LogP contribution in [-0.4, -0.2) is 78.3 Å². The molecule has 4 rings (SSSR count). The van der Waals surface area contributed by atoms with Crippen LogP contribution in [0.1, 0.15) is 33.0 Å². The van der Waals surface area contributed by atoms with Crippen molar-refractivity contribution in [2.24, 2.45) is 5.92 Å². The number of furan rings is 1. The Morgan fingerprint density at radius 1 is 1.21 bits per heavy atom. The molecule has 3 aliphatic heterocycles. The number of hydrogen-bond acceptors (Lipinski definition) is 8. The van der Waals surface area contributed by atoms with Crippen molar-refractivity contribution in [3.05, 3.63) is 49.0 Å². The van der Waals surface area contributed by atoms with E-state index in [1.165, 1.54) is 25.9 Å². The number of cyclic esters (lactones) is 1. The fraction of sp³-hybridized carbons (Fsp3) is 0.600. The number of esters is 2. The molecule has 1 N–H and O–H groups in total. The molecule has 0 aliphatic carbocycles. The Labute approximate surface area is 222 Å². The SMILES string of the molecule is C=CC(=O)OC(C(F)(F)F)C(F)(F)F.CCN(CC)CC.O=C1OC[C@]23C=C[C@H](CC12)O3.OCc1ccco1. The molecule has 4 heterocycles. The Hall–Kier alpha value is -2.84. The van der Waals surface area contributed by atoms with Gasteiger partial charge >= 0.3 is 24.3 Å². The summed E-state index contributed by atoms with van der Waals surface area (Å²) in [4.78, 5) is 23.7. The van der Waals surface area contributed by atoms with Gasteiger partial charge in [0.2, 0.25) is 0 Å². The van der Waals surface area contributed by atoms with Crippen molar-refractivity contribution < 1.29 is 59.7 Å². The normalized spacial score (nSPS) is 22.6. The second-order valence-electron chi connectivity index (χ2n) is 8.33. The van der Waals surface area contributed by atoms with Crippen LogP contribution in [0.25, 0.3) is 0 Å². The maximum absolute atomic E-state index is 11.7. The lowest BCUT2D eigenvalue weighted by molar-refractivity contribution is -0.312. The summed E-state index contributed by atoms with van der Waals surface area (Å²) in [7, 11) is 0. The van der Waals surface area contributed by atoms with Gasteiger partial charge in [-0.15, -0.1) is 0 Å². The Morgan fingerprint density at radius 2 is 1.79 bits per heavy atom. The molecule has 0 aromatic carbocycles. The number of ether oxygens (including phenoxy) is 3. The molecule has 222 valence electrons. The van der Waals surface area contributed by atoms with Crippen LogP contribution in [0.5, 0.6) is 0 Å². The fourth-order valence-corrected chi connectivity index (χ4v) is 3.71. The van der Waals surface area contributed by atoms with Gasteiger partial charge in [-0.05, 0) is 44.3 Å². The highest BCUT2D eigenvalue weighted by atomic mass is 19.4. The average Bonchev–Trinajstić information content (AvgIpc) is 3.67. The summed E-state index contributed by atoms with van der Waals surface area (Å²) in [6, 6.07) is 3.46. The standard InChI is InChI=1S/C8H8O3.C6H4F6O2.C6H15N.C5H6O2/c9-7-6-3-5-1-2-8(6,11-5)4-10-7;1-2-3(13)14-4(5(7,8)9)6(10,11)12;1-4-7(5-2)6-3;6-4-5-2-1-3-7-5/h1-2,5-6H,3-4H2;2,4H,1H2;4-6H2,1-3H3;1-3,6H,4H2/t5-,6?,8-;;;/m1.../s1. The summed E-state index contributed by atoms with van der Waals surface area (Å²) < 4.78 is 88.5. The second-order valence-corrected chi connectivity index (χ2v) is 8.33.